The number of carbonyl (C=O) groups excluding carboxylic acids is 1. The molecular weight excluding hydrogens is 314 g/mol. The summed E-state index contributed by atoms with van der Waals surface area (Å²) < 4.78 is 5.59. The van der Waals surface area contributed by atoms with Gasteiger partial charge in [-0.1, -0.05) is 30.3 Å². The smallest absolute Gasteiger partial charge is 0.224 e. The van der Waals surface area contributed by atoms with Crippen LogP contribution in [0.5, 0.6) is 5.75 Å². The van der Waals surface area contributed by atoms with Gasteiger partial charge in [0.1, 0.15) is 5.75 Å². The van der Waals surface area contributed by atoms with E-state index in [4.69, 9.17) is 4.74 Å². The van der Waals surface area contributed by atoms with Gasteiger partial charge in [-0.05, 0) is 43.7 Å². The predicted octanol–water partition coefficient (Wildman–Crippen LogP) is 4.18. The fraction of sp³-hybridized carbons (Fsp3) is 0.200. The number of aromatic amines is 1. The van der Waals surface area contributed by atoms with Crippen LogP contribution in [0.15, 0.2) is 60.7 Å². The van der Waals surface area contributed by atoms with Crippen molar-refractivity contribution in [2.75, 3.05) is 11.9 Å². The summed E-state index contributed by atoms with van der Waals surface area (Å²) in [6.07, 6.45) is 1.08. The van der Waals surface area contributed by atoms with Crippen LogP contribution in [0.1, 0.15) is 18.5 Å². The summed E-state index contributed by atoms with van der Waals surface area (Å²) >= 11 is 0. The summed E-state index contributed by atoms with van der Waals surface area (Å²) in [5, 5.41) is 10.1. The largest absolute Gasteiger partial charge is 0.494 e. The Kier molecular flexibility index (Phi) is 5.46. The minimum absolute atomic E-state index is 0.0213. The van der Waals surface area contributed by atoms with Gasteiger partial charge in [0.15, 0.2) is 0 Å². The molecule has 1 aromatic heterocycles. The molecule has 0 aliphatic carbocycles. The molecule has 0 radical (unpaired) electrons. The average Bonchev–Trinajstić information content (AvgIpc) is 3.06. The minimum Gasteiger partial charge on any atom is -0.494 e. The van der Waals surface area contributed by atoms with Crippen molar-refractivity contribution >= 4 is 11.6 Å². The van der Waals surface area contributed by atoms with E-state index in [1.807, 2.05) is 67.6 Å². The standard InChI is InChI=1S/C20H21N3O2/c1-15-13-19(23-22-15)16-7-5-8-17(14-16)21-20(24)11-6-12-25-18-9-3-2-4-10-18/h2-5,7-10,13-14H,6,11-12H2,1H3,(H,21,24)(H,22,23). The number of aromatic nitrogens is 2. The molecule has 3 rings (SSSR count). The lowest BCUT2D eigenvalue weighted by molar-refractivity contribution is -0.116. The molecule has 2 aromatic carbocycles. The molecule has 0 saturated heterocycles. The predicted molar refractivity (Wildman–Crippen MR) is 98.6 cm³/mol. The Bertz CT molecular complexity index is 828. The zero-order valence-corrected chi connectivity index (χ0v) is 14.2. The number of benzene rings is 2. The van der Waals surface area contributed by atoms with E-state index in [0.29, 0.717) is 19.4 Å². The van der Waals surface area contributed by atoms with Crippen molar-refractivity contribution < 1.29 is 9.53 Å². The van der Waals surface area contributed by atoms with E-state index < -0.39 is 0 Å². The van der Waals surface area contributed by atoms with Crippen molar-refractivity contribution in [3.05, 3.63) is 66.4 Å². The van der Waals surface area contributed by atoms with Crippen molar-refractivity contribution in [2.24, 2.45) is 0 Å². The Morgan fingerprint density at radius 3 is 2.72 bits per heavy atom. The molecule has 128 valence electrons. The van der Waals surface area contributed by atoms with Crippen molar-refractivity contribution in [1.29, 1.82) is 0 Å². The number of carbonyl (C=O) groups is 1. The first-order chi connectivity index (χ1) is 12.2. The molecule has 5 heteroatoms. The maximum Gasteiger partial charge on any atom is 0.224 e. The van der Waals surface area contributed by atoms with E-state index in [1.165, 1.54) is 0 Å². The molecule has 0 aliphatic rings. The Morgan fingerprint density at radius 1 is 1.12 bits per heavy atom. The number of H-pyrrole nitrogens is 1. The SMILES string of the molecule is Cc1cc(-c2cccc(NC(=O)CCCOc3ccccc3)c2)n[nH]1. The van der Waals surface area contributed by atoms with Gasteiger partial charge in [-0.2, -0.15) is 5.10 Å². The summed E-state index contributed by atoms with van der Waals surface area (Å²) in [6, 6.07) is 19.3. The van der Waals surface area contributed by atoms with Crippen LogP contribution in [-0.2, 0) is 4.79 Å². The van der Waals surface area contributed by atoms with Gasteiger partial charge in [0.2, 0.25) is 5.91 Å². The van der Waals surface area contributed by atoms with Crippen molar-refractivity contribution in [1.82, 2.24) is 10.2 Å². The van der Waals surface area contributed by atoms with Crippen molar-refractivity contribution in [3.63, 3.8) is 0 Å². The normalized spacial score (nSPS) is 10.4. The summed E-state index contributed by atoms with van der Waals surface area (Å²) in [7, 11) is 0. The number of nitrogens with zero attached hydrogens (tertiary/aromatic N) is 1. The van der Waals surface area contributed by atoms with Crippen LogP contribution in [-0.4, -0.2) is 22.7 Å². The second-order valence-corrected chi connectivity index (χ2v) is 5.83. The van der Waals surface area contributed by atoms with Crippen molar-refractivity contribution in [3.8, 4) is 17.0 Å². The second kappa shape index (κ2) is 8.15. The lowest BCUT2D eigenvalue weighted by Crippen LogP contribution is -2.12. The van der Waals surface area contributed by atoms with Gasteiger partial charge in [0.25, 0.3) is 0 Å². The van der Waals surface area contributed by atoms with Gasteiger partial charge >= 0.3 is 0 Å². The highest BCUT2D eigenvalue weighted by atomic mass is 16.5. The second-order valence-electron chi connectivity index (χ2n) is 5.83. The Hall–Kier alpha value is -3.08. The number of rotatable bonds is 7. The van der Waals surface area contributed by atoms with Crippen molar-refractivity contribution in [2.45, 2.75) is 19.8 Å². The van der Waals surface area contributed by atoms with E-state index in [1.54, 1.807) is 0 Å². The summed E-state index contributed by atoms with van der Waals surface area (Å²) in [4.78, 5) is 12.1. The van der Waals surface area contributed by atoms with Crippen LogP contribution in [0.4, 0.5) is 5.69 Å². The molecule has 5 nitrogen and oxygen atoms in total. The fourth-order valence-corrected chi connectivity index (χ4v) is 2.49. The number of hydrogen-bond acceptors (Lipinski definition) is 3. The molecule has 25 heavy (non-hydrogen) atoms. The first kappa shape index (κ1) is 16.8. The van der Waals surface area contributed by atoms with E-state index in [9.17, 15) is 4.79 Å². The maximum atomic E-state index is 12.1. The van der Waals surface area contributed by atoms with Gasteiger partial charge in [-0.25, -0.2) is 0 Å². The molecular formula is C20H21N3O2. The highest BCUT2D eigenvalue weighted by Gasteiger charge is 2.06. The fourth-order valence-electron chi connectivity index (χ4n) is 2.49. The van der Waals surface area contributed by atoms with Gasteiger partial charge in [0.05, 0.1) is 12.3 Å². The third-order valence-corrected chi connectivity index (χ3v) is 3.71. The molecule has 3 aromatic rings. The summed E-state index contributed by atoms with van der Waals surface area (Å²) in [5.41, 5.74) is 3.61. The number of hydrogen-bond donors (Lipinski definition) is 2. The molecule has 2 N–H and O–H groups in total. The van der Waals surface area contributed by atoms with Crippen LogP contribution in [0.2, 0.25) is 0 Å². The Balaban J connectivity index is 1.48. The van der Waals surface area contributed by atoms with Crippen LogP contribution in [0.25, 0.3) is 11.3 Å². The quantitative estimate of drug-likeness (QED) is 0.636. The van der Waals surface area contributed by atoms with Gasteiger partial charge < -0.3 is 10.1 Å². The lowest BCUT2D eigenvalue weighted by Gasteiger charge is -2.08. The third kappa shape index (κ3) is 4.94. The van der Waals surface area contributed by atoms with Crippen LogP contribution < -0.4 is 10.1 Å². The van der Waals surface area contributed by atoms with E-state index in [2.05, 4.69) is 15.5 Å². The Labute approximate surface area is 147 Å². The molecule has 0 fully saturated rings. The number of ether oxygens (including phenoxy) is 1. The van der Waals surface area contributed by atoms with Crippen LogP contribution in [0.3, 0.4) is 0 Å². The number of para-hydroxylation sites is 1. The average molecular weight is 335 g/mol. The molecule has 1 amide bonds. The summed E-state index contributed by atoms with van der Waals surface area (Å²) in [5.74, 6) is 0.803. The zero-order valence-electron chi connectivity index (χ0n) is 14.2. The molecule has 0 saturated carbocycles. The van der Waals surface area contributed by atoms with E-state index >= 15 is 0 Å². The topological polar surface area (TPSA) is 67.0 Å². The van der Waals surface area contributed by atoms with Gasteiger partial charge in [0, 0.05) is 23.4 Å². The zero-order chi connectivity index (χ0) is 17.5. The number of aryl methyl sites for hydroxylation is 1. The third-order valence-electron chi connectivity index (χ3n) is 3.71. The summed E-state index contributed by atoms with van der Waals surface area (Å²) in [6.45, 7) is 2.48. The van der Waals surface area contributed by atoms with Crippen LogP contribution in [0, 0.1) is 6.92 Å². The molecule has 0 bridgehead atoms. The van der Waals surface area contributed by atoms with Gasteiger partial charge in [-0.15, -0.1) is 0 Å². The van der Waals surface area contributed by atoms with Crippen LogP contribution >= 0.6 is 0 Å². The number of amides is 1. The molecule has 0 spiro atoms. The van der Waals surface area contributed by atoms with E-state index in [-0.39, 0.29) is 5.91 Å². The number of nitrogens with one attached hydrogen (secondary N) is 2. The monoisotopic (exact) mass is 335 g/mol. The number of anilines is 1. The minimum atomic E-state index is -0.0213. The van der Waals surface area contributed by atoms with Gasteiger partial charge in [-0.3, -0.25) is 9.89 Å². The molecule has 0 atom stereocenters. The highest BCUT2D eigenvalue weighted by molar-refractivity contribution is 5.91. The Morgan fingerprint density at radius 2 is 1.96 bits per heavy atom. The maximum absolute atomic E-state index is 12.1. The lowest BCUT2D eigenvalue weighted by atomic mass is 10.1. The highest BCUT2D eigenvalue weighted by Crippen LogP contribution is 2.21. The molecule has 1 heterocycles. The molecule has 0 unspecified atom stereocenters. The first-order valence-electron chi connectivity index (χ1n) is 8.31. The first-order valence-corrected chi connectivity index (χ1v) is 8.31. The van der Waals surface area contributed by atoms with E-state index in [0.717, 1.165) is 28.4 Å². The molecule has 0 aliphatic heterocycles.